The Hall–Kier alpha value is -0.220. The summed E-state index contributed by atoms with van der Waals surface area (Å²) < 4.78 is 24.6. The van der Waals surface area contributed by atoms with E-state index < -0.39 is 6.43 Å². The maximum absolute atomic E-state index is 12.3. The SMILES string of the molecule is CCN(CC(F)F)C1CCCC1CN. The van der Waals surface area contributed by atoms with Crippen LogP contribution in [0.3, 0.4) is 0 Å². The van der Waals surface area contributed by atoms with Crippen LogP contribution in [0.4, 0.5) is 8.78 Å². The first-order valence-corrected chi connectivity index (χ1v) is 5.41. The van der Waals surface area contributed by atoms with Gasteiger partial charge >= 0.3 is 0 Å². The van der Waals surface area contributed by atoms with Crippen molar-refractivity contribution in [2.45, 2.75) is 38.7 Å². The van der Waals surface area contributed by atoms with Crippen LogP contribution in [0.15, 0.2) is 0 Å². The van der Waals surface area contributed by atoms with Crippen molar-refractivity contribution in [3.8, 4) is 0 Å². The van der Waals surface area contributed by atoms with E-state index >= 15 is 0 Å². The standard InChI is InChI=1S/C10H20F2N2/c1-2-14(7-10(11)12)9-5-3-4-8(9)6-13/h8-10H,2-7,13H2,1H3. The lowest BCUT2D eigenvalue weighted by atomic mass is 10.0. The van der Waals surface area contributed by atoms with Gasteiger partial charge in [0.2, 0.25) is 0 Å². The van der Waals surface area contributed by atoms with Crippen molar-refractivity contribution >= 4 is 0 Å². The average molecular weight is 206 g/mol. The summed E-state index contributed by atoms with van der Waals surface area (Å²) in [6.45, 7) is 3.17. The van der Waals surface area contributed by atoms with Crippen molar-refractivity contribution in [2.75, 3.05) is 19.6 Å². The predicted molar refractivity (Wildman–Crippen MR) is 53.4 cm³/mol. The zero-order chi connectivity index (χ0) is 10.6. The van der Waals surface area contributed by atoms with Crippen LogP contribution in [0.2, 0.25) is 0 Å². The van der Waals surface area contributed by atoms with E-state index in [1.54, 1.807) is 0 Å². The van der Waals surface area contributed by atoms with Gasteiger partial charge in [-0.3, -0.25) is 4.90 Å². The molecular weight excluding hydrogens is 186 g/mol. The summed E-state index contributed by atoms with van der Waals surface area (Å²) in [5.74, 6) is 0.425. The third-order valence-electron chi connectivity index (χ3n) is 3.17. The van der Waals surface area contributed by atoms with E-state index in [0.29, 0.717) is 25.0 Å². The fourth-order valence-corrected chi connectivity index (χ4v) is 2.45. The van der Waals surface area contributed by atoms with E-state index in [2.05, 4.69) is 0 Å². The summed E-state index contributed by atoms with van der Waals surface area (Å²) in [5, 5.41) is 0. The first kappa shape index (κ1) is 11.9. The van der Waals surface area contributed by atoms with Gasteiger partial charge in [0, 0.05) is 6.04 Å². The molecule has 2 nitrogen and oxygen atoms in total. The van der Waals surface area contributed by atoms with Crippen molar-refractivity contribution < 1.29 is 8.78 Å². The Morgan fingerprint density at radius 3 is 2.64 bits per heavy atom. The molecule has 84 valence electrons. The molecule has 1 aliphatic carbocycles. The van der Waals surface area contributed by atoms with Crippen LogP contribution in [-0.4, -0.2) is 37.0 Å². The number of rotatable bonds is 5. The summed E-state index contributed by atoms with van der Waals surface area (Å²) >= 11 is 0. The molecule has 0 aromatic rings. The zero-order valence-electron chi connectivity index (χ0n) is 8.76. The highest BCUT2D eigenvalue weighted by molar-refractivity contribution is 4.85. The van der Waals surface area contributed by atoms with Crippen LogP contribution < -0.4 is 5.73 Å². The Kier molecular flexibility index (Phi) is 4.75. The molecule has 0 aromatic heterocycles. The average Bonchev–Trinajstić information content (AvgIpc) is 2.61. The molecule has 2 N–H and O–H groups in total. The summed E-state index contributed by atoms with van der Waals surface area (Å²) in [7, 11) is 0. The van der Waals surface area contributed by atoms with E-state index in [9.17, 15) is 8.78 Å². The molecule has 2 atom stereocenters. The van der Waals surface area contributed by atoms with Crippen molar-refractivity contribution in [3.05, 3.63) is 0 Å². The van der Waals surface area contributed by atoms with Crippen LogP contribution in [0, 0.1) is 5.92 Å². The molecule has 1 rings (SSSR count). The third-order valence-corrected chi connectivity index (χ3v) is 3.17. The Morgan fingerprint density at radius 2 is 2.14 bits per heavy atom. The fourth-order valence-electron chi connectivity index (χ4n) is 2.45. The molecule has 0 saturated heterocycles. The Bertz CT molecular complexity index is 164. The lowest BCUT2D eigenvalue weighted by molar-refractivity contribution is 0.0588. The van der Waals surface area contributed by atoms with Crippen molar-refractivity contribution in [2.24, 2.45) is 11.7 Å². The van der Waals surface area contributed by atoms with Gasteiger partial charge in [-0.05, 0) is 31.8 Å². The summed E-state index contributed by atoms with van der Waals surface area (Å²) in [5.41, 5.74) is 5.63. The highest BCUT2D eigenvalue weighted by atomic mass is 19.3. The van der Waals surface area contributed by atoms with E-state index in [4.69, 9.17) is 5.73 Å². The van der Waals surface area contributed by atoms with E-state index in [1.807, 2.05) is 11.8 Å². The van der Waals surface area contributed by atoms with E-state index in [0.717, 1.165) is 19.3 Å². The quantitative estimate of drug-likeness (QED) is 0.742. The monoisotopic (exact) mass is 206 g/mol. The molecule has 0 bridgehead atoms. The molecule has 0 radical (unpaired) electrons. The van der Waals surface area contributed by atoms with E-state index in [-0.39, 0.29) is 6.54 Å². The Labute approximate surface area is 84.4 Å². The molecule has 0 heterocycles. The topological polar surface area (TPSA) is 29.3 Å². The lowest BCUT2D eigenvalue weighted by Gasteiger charge is -2.31. The second kappa shape index (κ2) is 5.61. The van der Waals surface area contributed by atoms with Gasteiger partial charge in [-0.1, -0.05) is 13.3 Å². The summed E-state index contributed by atoms with van der Waals surface area (Å²) in [6, 6.07) is 0.291. The van der Waals surface area contributed by atoms with Crippen LogP contribution in [0.25, 0.3) is 0 Å². The van der Waals surface area contributed by atoms with Crippen LogP contribution in [0.5, 0.6) is 0 Å². The van der Waals surface area contributed by atoms with E-state index in [1.165, 1.54) is 0 Å². The van der Waals surface area contributed by atoms with Crippen molar-refractivity contribution in [3.63, 3.8) is 0 Å². The third kappa shape index (κ3) is 2.89. The molecule has 14 heavy (non-hydrogen) atoms. The molecule has 0 aliphatic heterocycles. The zero-order valence-corrected chi connectivity index (χ0v) is 8.76. The lowest BCUT2D eigenvalue weighted by Crippen LogP contribution is -2.42. The molecule has 1 fully saturated rings. The minimum atomic E-state index is -2.23. The number of halogens is 2. The minimum absolute atomic E-state index is 0.0995. The van der Waals surface area contributed by atoms with Crippen molar-refractivity contribution in [1.29, 1.82) is 0 Å². The molecule has 1 aliphatic rings. The second-order valence-corrected chi connectivity index (χ2v) is 3.97. The number of alkyl halides is 2. The minimum Gasteiger partial charge on any atom is -0.330 e. The maximum Gasteiger partial charge on any atom is 0.251 e. The van der Waals surface area contributed by atoms with Gasteiger partial charge in [-0.25, -0.2) is 8.78 Å². The number of nitrogens with zero attached hydrogens (tertiary/aromatic N) is 1. The number of nitrogens with two attached hydrogens (primary N) is 1. The van der Waals surface area contributed by atoms with Crippen LogP contribution in [-0.2, 0) is 0 Å². The summed E-state index contributed by atoms with van der Waals surface area (Å²) in [6.07, 6.45) is 1.03. The molecule has 0 amide bonds. The molecule has 4 heteroatoms. The predicted octanol–water partition coefficient (Wildman–Crippen LogP) is 1.70. The van der Waals surface area contributed by atoms with Crippen molar-refractivity contribution in [1.82, 2.24) is 4.90 Å². The van der Waals surface area contributed by atoms with Gasteiger partial charge in [0.25, 0.3) is 6.43 Å². The molecule has 0 aromatic carbocycles. The van der Waals surface area contributed by atoms with Crippen LogP contribution >= 0.6 is 0 Å². The van der Waals surface area contributed by atoms with Gasteiger partial charge in [-0.15, -0.1) is 0 Å². The van der Waals surface area contributed by atoms with Gasteiger partial charge in [0.15, 0.2) is 0 Å². The fraction of sp³-hybridized carbons (Fsp3) is 1.00. The number of hydrogen-bond acceptors (Lipinski definition) is 2. The normalized spacial score (nSPS) is 27.9. The Balaban J connectivity index is 2.49. The van der Waals surface area contributed by atoms with Gasteiger partial charge in [0.05, 0.1) is 6.54 Å². The van der Waals surface area contributed by atoms with Gasteiger partial charge in [0.1, 0.15) is 0 Å². The van der Waals surface area contributed by atoms with Gasteiger partial charge < -0.3 is 5.73 Å². The molecule has 1 saturated carbocycles. The number of hydrogen-bond donors (Lipinski definition) is 1. The highest BCUT2D eigenvalue weighted by Gasteiger charge is 2.31. The largest absolute Gasteiger partial charge is 0.330 e. The maximum atomic E-state index is 12.3. The summed E-state index contributed by atoms with van der Waals surface area (Å²) in [4.78, 5) is 1.88. The second-order valence-electron chi connectivity index (χ2n) is 3.97. The smallest absolute Gasteiger partial charge is 0.251 e. The highest BCUT2D eigenvalue weighted by Crippen LogP contribution is 2.29. The Morgan fingerprint density at radius 1 is 1.43 bits per heavy atom. The van der Waals surface area contributed by atoms with Gasteiger partial charge in [-0.2, -0.15) is 0 Å². The first-order chi connectivity index (χ1) is 6.69. The molecule has 0 spiro atoms. The molecular formula is C10H20F2N2. The molecule has 2 unspecified atom stereocenters. The first-order valence-electron chi connectivity index (χ1n) is 5.41. The van der Waals surface area contributed by atoms with Crippen LogP contribution in [0.1, 0.15) is 26.2 Å².